The first-order valence-electron chi connectivity index (χ1n) is 5.89. The average molecular weight is 369 g/mol. The van der Waals surface area contributed by atoms with Crippen LogP contribution in [0.1, 0.15) is 5.56 Å². The van der Waals surface area contributed by atoms with E-state index < -0.39 is 6.03 Å². The van der Waals surface area contributed by atoms with Crippen LogP contribution in [0.5, 0.6) is 5.75 Å². The topological polar surface area (TPSA) is 73.7 Å². The highest BCUT2D eigenvalue weighted by atomic mass is 79.9. The molecule has 108 valence electrons. The van der Waals surface area contributed by atoms with E-state index in [1.807, 2.05) is 0 Å². The Hall–Kier alpha value is -2.05. The number of hydrogen-bond donors (Lipinski definition) is 3. The Kier molecular flexibility index (Phi) is 5.19. The summed E-state index contributed by atoms with van der Waals surface area (Å²) in [5, 5.41) is 16.5. The number of carbonyl (C=O) groups excluding carboxylic acids is 1. The molecule has 7 heteroatoms. The third kappa shape index (κ3) is 4.77. The number of anilines is 1. The molecule has 0 saturated heterocycles. The van der Waals surface area contributed by atoms with Gasteiger partial charge in [0.2, 0.25) is 0 Å². The van der Waals surface area contributed by atoms with Gasteiger partial charge in [0.15, 0.2) is 0 Å². The lowest BCUT2D eigenvalue weighted by Crippen LogP contribution is -2.24. The predicted molar refractivity (Wildman–Crippen MR) is 87.0 cm³/mol. The maximum atomic E-state index is 11.6. The highest BCUT2D eigenvalue weighted by Crippen LogP contribution is 2.20. The number of phenols is 1. The first kappa shape index (κ1) is 15.3. The third-order valence-electron chi connectivity index (χ3n) is 2.44. The van der Waals surface area contributed by atoms with E-state index in [0.717, 1.165) is 4.47 Å². The molecule has 0 atom stereocenters. The zero-order valence-electron chi connectivity index (χ0n) is 10.7. The van der Waals surface area contributed by atoms with Crippen molar-refractivity contribution in [3.05, 3.63) is 57.5 Å². The predicted octanol–water partition coefficient (Wildman–Crippen LogP) is 3.96. The number of nitrogens with one attached hydrogen (secondary N) is 2. The van der Waals surface area contributed by atoms with Crippen molar-refractivity contribution < 1.29 is 9.90 Å². The second-order valence-electron chi connectivity index (χ2n) is 4.04. The fourth-order valence-electron chi connectivity index (χ4n) is 1.51. The molecule has 2 amide bonds. The standard InChI is InChI=1S/C14H11BrClN3O2/c15-10-4-5-13(20)9(6-10)8-17-19-14(21)18-12-3-1-2-11(16)7-12/h1-8,20H,(H2,18,19,21)/b17-8+. The summed E-state index contributed by atoms with van der Waals surface area (Å²) in [6.45, 7) is 0. The minimum absolute atomic E-state index is 0.0685. The molecule has 5 nitrogen and oxygen atoms in total. The van der Waals surface area contributed by atoms with Crippen molar-refractivity contribution >= 4 is 45.5 Å². The van der Waals surface area contributed by atoms with Crippen LogP contribution in [0.15, 0.2) is 52.0 Å². The van der Waals surface area contributed by atoms with Crippen molar-refractivity contribution in [2.45, 2.75) is 0 Å². The molecule has 0 aliphatic rings. The van der Waals surface area contributed by atoms with E-state index in [1.165, 1.54) is 12.3 Å². The van der Waals surface area contributed by atoms with Crippen molar-refractivity contribution in [1.82, 2.24) is 5.43 Å². The second-order valence-corrected chi connectivity index (χ2v) is 5.39. The van der Waals surface area contributed by atoms with E-state index in [2.05, 4.69) is 31.8 Å². The van der Waals surface area contributed by atoms with E-state index in [9.17, 15) is 9.90 Å². The van der Waals surface area contributed by atoms with Gasteiger partial charge in [0.05, 0.1) is 6.21 Å². The molecule has 2 aromatic rings. The summed E-state index contributed by atoms with van der Waals surface area (Å²) in [5.41, 5.74) is 3.33. The number of aromatic hydroxyl groups is 1. The van der Waals surface area contributed by atoms with Gasteiger partial charge in [0, 0.05) is 20.7 Å². The fourth-order valence-corrected chi connectivity index (χ4v) is 2.08. The second kappa shape index (κ2) is 7.10. The van der Waals surface area contributed by atoms with Gasteiger partial charge in [0.1, 0.15) is 5.75 Å². The molecular weight excluding hydrogens is 358 g/mol. The summed E-state index contributed by atoms with van der Waals surface area (Å²) in [6.07, 6.45) is 1.34. The van der Waals surface area contributed by atoms with Crippen molar-refractivity contribution in [3.8, 4) is 5.75 Å². The van der Waals surface area contributed by atoms with Gasteiger partial charge in [-0.1, -0.05) is 33.6 Å². The number of rotatable bonds is 3. The summed E-state index contributed by atoms with van der Waals surface area (Å²) in [5.74, 6) is 0.0685. The van der Waals surface area contributed by atoms with E-state index in [4.69, 9.17) is 11.6 Å². The van der Waals surface area contributed by atoms with Gasteiger partial charge in [-0.25, -0.2) is 10.2 Å². The number of hydrogen-bond acceptors (Lipinski definition) is 3. The molecule has 0 aliphatic heterocycles. The van der Waals surface area contributed by atoms with Crippen molar-refractivity contribution in [1.29, 1.82) is 0 Å². The summed E-state index contributed by atoms with van der Waals surface area (Å²) < 4.78 is 0.796. The Morgan fingerprint density at radius 3 is 2.86 bits per heavy atom. The first-order valence-corrected chi connectivity index (χ1v) is 7.06. The molecule has 0 radical (unpaired) electrons. The van der Waals surface area contributed by atoms with Gasteiger partial charge >= 0.3 is 6.03 Å². The lowest BCUT2D eigenvalue weighted by Gasteiger charge is -2.04. The highest BCUT2D eigenvalue weighted by molar-refractivity contribution is 9.10. The molecular formula is C14H11BrClN3O2. The van der Waals surface area contributed by atoms with Crippen LogP contribution in [0.3, 0.4) is 0 Å². The maximum Gasteiger partial charge on any atom is 0.339 e. The summed E-state index contributed by atoms with van der Waals surface area (Å²) in [4.78, 5) is 11.6. The van der Waals surface area contributed by atoms with Gasteiger partial charge in [-0.05, 0) is 36.4 Å². The summed E-state index contributed by atoms with van der Waals surface area (Å²) in [7, 11) is 0. The number of benzene rings is 2. The number of amides is 2. The van der Waals surface area contributed by atoms with Crippen molar-refractivity contribution in [2.24, 2.45) is 5.10 Å². The van der Waals surface area contributed by atoms with Crippen molar-refractivity contribution in [2.75, 3.05) is 5.32 Å². The Bertz CT molecular complexity index is 692. The van der Waals surface area contributed by atoms with Crippen LogP contribution >= 0.6 is 27.5 Å². The molecule has 2 rings (SSSR count). The maximum absolute atomic E-state index is 11.6. The number of phenolic OH excluding ortho intramolecular Hbond substituents is 1. The third-order valence-corrected chi connectivity index (χ3v) is 3.17. The van der Waals surface area contributed by atoms with Crippen LogP contribution in [0, 0.1) is 0 Å². The largest absolute Gasteiger partial charge is 0.507 e. The Morgan fingerprint density at radius 1 is 1.29 bits per heavy atom. The minimum atomic E-state index is -0.511. The highest BCUT2D eigenvalue weighted by Gasteiger charge is 2.01. The van der Waals surface area contributed by atoms with Crippen LogP contribution in [-0.4, -0.2) is 17.4 Å². The smallest absolute Gasteiger partial charge is 0.339 e. The van der Waals surface area contributed by atoms with E-state index >= 15 is 0 Å². The zero-order chi connectivity index (χ0) is 15.2. The molecule has 2 aromatic carbocycles. The minimum Gasteiger partial charge on any atom is -0.507 e. The van der Waals surface area contributed by atoms with Gasteiger partial charge in [-0.2, -0.15) is 5.10 Å². The molecule has 21 heavy (non-hydrogen) atoms. The van der Waals surface area contributed by atoms with Gasteiger partial charge in [-0.3, -0.25) is 0 Å². The lowest BCUT2D eigenvalue weighted by molar-refractivity contribution is 0.252. The number of halogens is 2. The quantitative estimate of drug-likeness (QED) is 0.566. The Morgan fingerprint density at radius 2 is 2.10 bits per heavy atom. The molecule has 0 aromatic heterocycles. The lowest BCUT2D eigenvalue weighted by atomic mass is 10.2. The van der Waals surface area contributed by atoms with E-state index in [1.54, 1.807) is 36.4 Å². The van der Waals surface area contributed by atoms with Crippen LogP contribution in [0.4, 0.5) is 10.5 Å². The number of carbonyl (C=O) groups is 1. The first-order chi connectivity index (χ1) is 10.0. The monoisotopic (exact) mass is 367 g/mol. The molecule has 0 heterocycles. The average Bonchev–Trinajstić information content (AvgIpc) is 2.42. The molecule has 0 fully saturated rings. The number of hydrazone groups is 1. The van der Waals surface area contributed by atoms with Crippen LogP contribution in [0.2, 0.25) is 5.02 Å². The zero-order valence-corrected chi connectivity index (χ0v) is 13.0. The molecule has 0 unspecified atom stereocenters. The van der Waals surface area contributed by atoms with Crippen LogP contribution in [0.25, 0.3) is 0 Å². The van der Waals surface area contributed by atoms with Gasteiger partial charge in [-0.15, -0.1) is 0 Å². The normalized spacial score (nSPS) is 10.6. The molecule has 0 saturated carbocycles. The number of nitrogens with zero attached hydrogens (tertiary/aromatic N) is 1. The van der Waals surface area contributed by atoms with E-state index in [-0.39, 0.29) is 5.75 Å². The van der Waals surface area contributed by atoms with E-state index in [0.29, 0.717) is 16.3 Å². The molecule has 0 spiro atoms. The van der Waals surface area contributed by atoms with Gasteiger partial charge in [0.25, 0.3) is 0 Å². The van der Waals surface area contributed by atoms with Crippen LogP contribution < -0.4 is 10.7 Å². The molecule has 0 bridgehead atoms. The summed E-state index contributed by atoms with van der Waals surface area (Å²) >= 11 is 9.09. The Labute approximate surface area is 134 Å². The number of urea groups is 1. The SMILES string of the molecule is O=C(N/N=C/c1cc(Br)ccc1O)Nc1cccc(Cl)c1. The molecule has 0 aliphatic carbocycles. The van der Waals surface area contributed by atoms with Gasteiger partial charge < -0.3 is 10.4 Å². The summed E-state index contributed by atoms with van der Waals surface area (Å²) in [6, 6.07) is 11.1. The Balaban J connectivity index is 1.94. The molecule has 3 N–H and O–H groups in total. The fraction of sp³-hybridized carbons (Fsp3) is 0. The van der Waals surface area contributed by atoms with Crippen LogP contribution in [-0.2, 0) is 0 Å². The van der Waals surface area contributed by atoms with Crippen molar-refractivity contribution in [3.63, 3.8) is 0 Å².